The minimum absolute atomic E-state index is 0.0659. The number of nitrogens with zero attached hydrogens (tertiary/aromatic N) is 4. The van der Waals surface area contributed by atoms with Crippen LogP contribution in [0.3, 0.4) is 0 Å². The van der Waals surface area contributed by atoms with Crippen molar-refractivity contribution in [1.29, 1.82) is 0 Å². The normalized spacial score (nSPS) is 31.3. The van der Waals surface area contributed by atoms with E-state index in [9.17, 15) is 20.8 Å². The van der Waals surface area contributed by atoms with Crippen molar-refractivity contribution in [2.75, 3.05) is 10.5 Å². The monoisotopic (exact) mass is 372 g/mol. The van der Waals surface area contributed by atoms with Crippen LogP contribution in [-0.2, 0) is 5.41 Å². The van der Waals surface area contributed by atoms with E-state index in [0.29, 0.717) is 5.89 Å². The second-order valence-corrected chi connectivity index (χ2v) is 8.39. The summed E-state index contributed by atoms with van der Waals surface area (Å²) in [6.45, 7) is 0. The summed E-state index contributed by atoms with van der Waals surface area (Å²) >= 11 is 0. The highest BCUT2D eigenvalue weighted by Gasteiger charge is 2.54. The van der Waals surface area contributed by atoms with Gasteiger partial charge in [0.05, 0.1) is 5.69 Å². The molecule has 144 valence electrons. The van der Waals surface area contributed by atoms with Crippen molar-refractivity contribution < 1.29 is 14.8 Å². The maximum absolute atomic E-state index is 11.2. The smallest absolute Gasteiger partial charge is 0.247 e. The van der Waals surface area contributed by atoms with Crippen molar-refractivity contribution in [3.8, 4) is 11.5 Å². The molecule has 2 aromatic rings. The van der Waals surface area contributed by atoms with Crippen LogP contribution in [0, 0.1) is 28.2 Å². The van der Waals surface area contributed by atoms with Gasteiger partial charge in [-0.1, -0.05) is 0 Å². The van der Waals surface area contributed by atoms with Crippen LogP contribution < -0.4 is 10.5 Å². The molecule has 27 heavy (non-hydrogen) atoms. The third kappa shape index (κ3) is 2.78. The van der Waals surface area contributed by atoms with E-state index in [1.165, 1.54) is 31.4 Å². The lowest BCUT2D eigenvalue weighted by Crippen LogP contribution is -2.48. The molecule has 9 nitrogen and oxygen atoms in total. The van der Waals surface area contributed by atoms with Crippen molar-refractivity contribution >= 4 is 11.4 Å². The fourth-order valence-electron chi connectivity index (χ4n) is 5.87. The van der Waals surface area contributed by atoms with Crippen LogP contribution in [0.4, 0.5) is 11.4 Å². The Kier molecular flexibility index (Phi) is 3.70. The summed E-state index contributed by atoms with van der Waals surface area (Å²) in [6.07, 6.45) is 7.12. The van der Waals surface area contributed by atoms with Gasteiger partial charge in [-0.25, -0.2) is 0 Å². The number of rotatable bonds is 4. The molecule has 0 unspecified atom stereocenters. The molecule has 4 saturated carbocycles. The standard InChI is InChI=1S/C18H20N4O5/c23-21(24)14-4-13(5-15(6-14)22(25)26)16-19-20-17(27-16)18-7-10-1-11(8-18)3-12(2-10)9-18/h4-6,10-12,23-24H,1-3,7-9H2/q-2. The quantitative estimate of drug-likeness (QED) is 0.772. The Balaban J connectivity index is 1.51. The summed E-state index contributed by atoms with van der Waals surface area (Å²) in [5, 5.41) is 48.5. The third-order valence-corrected chi connectivity index (χ3v) is 6.51. The highest BCUT2D eigenvalue weighted by Crippen LogP contribution is 2.60. The predicted octanol–water partition coefficient (Wildman–Crippen LogP) is 3.59. The van der Waals surface area contributed by atoms with E-state index in [0.717, 1.165) is 43.1 Å². The molecule has 0 spiro atoms. The maximum Gasteiger partial charge on any atom is 0.247 e. The van der Waals surface area contributed by atoms with E-state index in [1.807, 2.05) is 0 Å². The van der Waals surface area contributed by atoms with E-state index in [4.69, 9.17) is 4.42 Å². The number of benzene rings is 1. The summed E-state index contributed by atoms with van der Waals surface area (Å²) in [7, 11) is 0. The molecule has 0 aliphatic heterocycles. The summed E-state index contributed by atoms with van der Waals surface area (Å²) in [6, 6.07) is 3.72. The van der Waals surface area contributed by atoms with Gasteiger partial charge >= 0.3 is 0 Å². The van der Waals surface area contributed by atoms with Gasteiger partial charge in [-0.05, 0) is 74.5 Å². The van der Waals surface area contributed by atoms with Crippen molar-refractivity contribution in [3.05, 3.63) is 34.5 Å². The first-order chi connectivity index (χ1) is 12.9. The lowest BCUT2D eigenvalue weighted by atomic mass is 9.49. The molecule has 0 amide bonds. The van der Waals surface area contributed by atoms with Crippen LogP contribution in [0.5, 0.6) is 0 Å². The van der Waals surface area contributed by atoms with Gasteiger partial charge in [-0.2, -0.15) is 0 Å². The fraction of sp³-hybridized carbons (Fsp3) is 0.556. The zero-order valence-electron chi connectivity index (χ0n) is 14.6. The van der Waals surface area contributed by atoms with Crippen LogP contribution in [0.1, 0.15) is 44.4 Å². The lowest BCUT2D eigenvalue weighted by molar-refractivity contribution is -0.0176. The zero-order valence-corrected chi connectivity index (χ0v) is 14.6. The minimum atomic E-state index is -0.604. The highest BCUT2D eigenvalue weighted by molar-refractivity contribution is 5.70. The van der Waals surface area contributed by atoms with Crippen LogP contribution in [0.15, 0.2) is 22.6 Å². The lowest BCUT2D eigenvalue weighted by Gasteiger charge is -2.55. The number of anilines is 2. The molecule has 1 aromatic heterocycles. The van der Waals surface area contributed by atoms with Gasteiger partial charge in [0.15, 0.2) is 0 Å². The summed E-state index contributed by atoms with van der Waals surface area (Å²) in [4.78, 5) is 0. The number of hydrogen-bond donors (Lipinski definition) is 2. The first-order valence-electron chi connectivity index (χ1n) is 9.23. The average Bonchev–Trinajstić information content (AvgIpc) is 3.11. The third-order valence-electron chi connectivity index (χ3n) is 6.51. The zero-order chi connectivity index (χ0) is 18.8. The number of hydrogen-bond acceptors (Lipinski definition) is 9. The van der Waals surface area contributed by atoms with Gasteiger partial charge in [0.2, 0.25) is 11.8 Å². The fourth-order valence-corrected chi connectivity index (χ4v) is 5.87. The summed E-state index contributed by atoms with van der Waals surface area (Å²) in [5.41, 5.74) is -0.210. The Hall–Kier alpha value is -2.20. The van der Waals surface area contributed by atoms with Gasteiger partial charge < -0.3 is 20.1 Å². The van der Waals surface area contributed by atoms with Crippen molar-refractivity contribution in [3.63, 3.8) is 0 Å². The Labute approximate surface area is 155 Å². The van der Waals surface area contributed by atoms with E-state index in [-0.39, 0.29) is 33.5 Å². The second-order valence-electron chi connectivity index (χ2n) is 8.39. The van der Waals surface area contributed by atoms with Gasteiger partial charge in [0.1, 0.15) is 0 Å². The summed E-state index contributed by atoms with van der Waals surface area (Å²) in [5.74, 6) is 2.97. The molecule has 4 aliphatic rings. The first-order valence-corrected chi connectivity index (χ1v) is 9.23. The molecule has 1 heterocycles. The molecular formula is C18H20N4O5-2. The van der Waals surface area contributed by atoms with Gasteiger partial charge in [-0.15, -0.1) is 15.4 Å². The predicted molar refractivity (Wildman–Crippen MR) is 94.8 cm³/mol. The molecule has 4 fully saturated rings. The van der Waals surface area contributed by atoms with Gasteiger partial charge in [0, 0.05) is 16.7 Å². The van der Waals surface area contributed by atoms with Crippen molar-refractivity contribution in [1.82, 2.24) is 10.2 Å². The molecule has 9 heteroatoms. The molecule has 1 aromatic carbocycles. The van der Waals surface area contributed by atoms with E-state index < -0.39 is 5.23 Å². The molecule has 0 atom stereocenters. The van der Waals surface area contributed by atoms with Crippen LogP contribution >= 0.6 is 0 Å². The second kappa shape index (κ2) is 5.90. The Morgan fingerprint density at radius 1 is 0.926 bits per heavy atom. The van der Waals surface area contributed by atoms with Crippen LogP contribution in [0.2, 0.25) is 0 Å². The molecular weight excluding hydrogens is 352 g/mol. The topological polar surface area (TPSA) is 132 Å². The maximum atomic E-state index is 11.2. The molecule has 6 rings (SSSR count). The van der Waals surface area contributed by atoms with E-state index in [2.05, 4.69) is 10.2 Å². The average molecular weight is 372 g/mol. The Morgan fingerprint density at radius 3 is 2.07 bits per heavy atom. The molecule has 4 aliphatic carbocycles. The molecule has 0 radical (unpaired) electrons. The van der Waals surface area contributed by atoms with Gasteiger partial charge in [0.25, 0.3) is 0 Å². The minimum Gasteiger partial charge on any atom is -0.769 e. The van der Waals surface area contributed by atoms with Crippen molar-refractivity contribution in [2.24, 2.45) is 17.8 Å². The van der Waals surface area contributed by atoms with E-state index >= 15 is 0 Å². The Bertz CT molecular complexity index is 804. The van der Waals surface area contributed by atoms with Crippen molar-refractivity contribution in [2.45, 2.75) is 43.9 Å². The van der Waals surface area contributed by atoms with Crippen LogP contribution in [0.25, 0.3) is 11.5 Å². The summed E-state index contributed by atoms with van der Waals surface area (Å²) < 4.78 is 6.00. The van der Waals surface area contributed by atoms with Crippen LogP contribution in [-0.4, -0.2) is 20.6 Å². The first kappa shape index (κ1) is 16.9. The highest BCUT2D eigenvalue weighted by atomic mass is 16.8. The molecule has 0 saturated heterocycles. The van der Waals surface area contributed by atoms with Gasteiger partial charge in [-0.3, -0.25) is 10.4 Å². The van der Waals surface area contributed by atoms with E-state index in [1.54, 1.807) is 0 Å². The largest absolute Gasteiger partial charge is 0.769 e. The SMILES string of the molecule is [O-]N([O-])c1cc(-c2nnc(C34CC5CC(CC(C5)C3)C4)o2)cc(N(O)O)c1. The number of aromatic nitrogens is 2. The molecule has 2 N–H and O–H groups in total. The molecule has 4 bridgehead atoms. The Morgan fingerprint density at radius 2 is 1.52 bits per heavy atom.